The summed E-state index contributed by atoms with van der Waals surface area (Å²) in [6.45, 7) is 28.6. The molecule has 4 N–H and O–H groups in total. The first-order valence-electron chi connectivity index (χ1n) is 36.2. The Morgan fingerprint density at radius 2 is 1.00 bits per heavy atom. The summed E-state index contributed by atoms with van der Waals surface area (Å²) in [7, 11) is -6.83. The third kappa shape index (κ3) is 19.5. The van der Waals surface area contributed by atoms with Crippen LogP contribution in [0.4, 0.5) is 0 Å². The lowest BCUT2D eigenvalue weighted by molar-refractivity contribution is -0.148. The number of sulfone groups is 2. The maximum Gasteiger partial charge on any atom is 0.285 e. The molecule has 2 heterocycles. The number of Topliss-reactive ketones (excluding diaryl/α,β-unsaturated/α-hetero) is 6. The Bertz CT molecular complexity index is 3280. The van der Waals surface area contributed by atoms with Crippen molar-refractivity contribution in [1.29, 1.82) is 0 Å². The van der Waals surface area contributed by atoms with Gasteiger partial charge in [0.05, 0.1) is 35.1 Å². The molecule has 18 nitrogen and oxygen atoms in total. The molecule has 0 bridgehead atoms. The van der Waals surface area contributed by atoms with Gasteiger partial charge in [-0.25, -0.2) is 16.8 Å². The zero-order chi connectivity index (χ0) is 71.6. The number of amides is 4. The summed E-state index contributed by atoms with van der Waals surface area (Å²) < 4.78 is 52.7. The van der Waals surface area contributed by atoms with Crippen LogP contribution in [-0.4, -0.2) is 127 Å². The van der Waals surface area contributed by atoms with Gasteiger partial charge in [-0.1, -0.05) is 185 Å². The molecule has 4 unspecified atom stereocenters. The van der Waals surface area contributed by atoms with Gasteiger partial charge in [-0.3, -0.25) is 47.9 Å². The van der Waals surface area contributed by atoms with E-state index in [9.17, 15) is 64.8 Å². The minimum absolute atomic E-state index is 0. The van der Waals surface area contributed by atoms with E-state index in [0.717, 1.165) is 57.8 Å². The van der Waals surface area contributed by atoms with Crippen LogP contribution in [0.15, 0.2) is 30.3 Å². The van der Waals surface area contributed by atoms with Gasteiger partial charge in [-0.05, 0) is 118 Å². The predicted molar refractivity (Wildman–Crippen MR) is 373 cm³/mol. The van der Waals surface area contributed by atoms with Gasteiger partial charge in [0.25, 0.3) is 11.8 Å². The maximum atomic E-state index is 14.5. The molecule has 1 aromatic rings. The number of piperidine rings is 2. The number of likely N-dealkylation sites (tertiary alicyclic amines) is 2. The fraction of sp³-hybridized carbons (Fsp3) is 0.789. The van der Waals surface area contributed by atoms with Crippen LogP contribution in [0.3, 0.4) is 0 Å². The summed E-state index contributed by atoms with van der Waals surface area (Å²) in [5.74, 6) is -7.11. The Labute approximate surface area is 575 Å². The van der Waals surface area contributed by atoms with Crippen molar-refractivity contribution < 1.29 is 66.2 Å². The molecule has 5 saturated carbocycles. The molecule has 0 spiro atoms. The third-order valence-corrected chi connectivity index (χ3v) is 27.8. The fourth-order valence-electron chi connectivity index (χ4n) is 17.3. The molecule has 4 amide bonds. The first kappa shape index (κ1) is 78.4. The van der Waals surface area contributed by atoms with Gasteiger partial charge in [-0.15, -0.1) is 0 Å². The van der Waals surface area contributed by atoms with E-state index in [1.54, 1.807) is 34.1 Å². The lowest BCUT2D eigenvalue weighted by atomic mass is 9.70. The van der Waals surface area contributed by atoms with Gasteiger partial charge in [0.15, 0.2) is 31.2 Å². The number of primary amides is 2. The van der Waals surface area contributed by atoms with E-state index in [1.807, 2.05) is 75.3 Å². The summed E-state index contributed by atoms with van der Waals surface area (Å²) >= 11 is 0. The van der Waals surface area contributed by atoms with E-state index >= 15 is 0 Å². The van der Waals surface area contributed by atoms with Crippen molar-refractivity contribution in [3.63, 3.8) is 0 Å². The van der Waals surface area contributed by atoms with Gasteiger partial charge in [0.2, 0.25) is 23.4 Å². The van der Waals surface area contributed by atoms with Crippen LogP contribution in [0.1, 0.15) is 232 Å². The molecule has 20 heteroatoms. The number of nitrogens with zero attached hydrogens (tertiary/aromatic N) is 2. The van der Waals surface area contributed by atoms with Gasteiger partial charge in [0, 0.05) is 76.7 Å². The maximum absolute atomic E-state index is 14.5. The second-order valence-corrected chi connectivity index (χ2v) is 39.4. The number of rotatable bonds is 34. The molecule has 2 saturated heterocycles. The minimum Gasteiger partial charge on any atom is -0.363 e. The highest BCUT2D eigenvalue weighted by Crippen LogP contribution is 2.67. The summed E-state index contributed by atoms with van der Waals surface area (Å²) in [5, 5.41) is 0. The Morgan fingerprint density at radius 3 is 1.38 bits per heavy atom. The van der Waals surface area contributed by atoms with Crippen molar-refractivity contribution in [3.05, 3.63) is 35.9 Å². The third-order valence-electron chi connectivity index (χ3n) is 24.1. The standard InChI is InChI=1S/C38H62N2O7S.C38H56N2O7S.H2/c1-24(2)14-17-48(46,47)23-38(15-9-8-10-16-38)21-27(41)20-28(36(3,4)5)35(45)40-22-29-31(37(29,6)7)32(40)30(42)19-26(33(43)34(39)44)18-25-12-11-13-25;1-23(2)27(22-48(46,47)21-25-12-9-8-10-13-25)17-28(41)19-29(37(3,4)5)36(45)40-20-30-32(38(30,6)7)33(40)31(42)18-26(34(43)35(39)44)16-24-14-11-15-24;/h24-26,28-29,31-32H,8-23H2,1-7H3,(H2,39,44);8-10,12-13,23-24,26-27,29-30,32-33H,11,14-22H2,1-7H3,(H2,39,44);1H/t26?,28-,29?,31+,32-;26?,27-,29-,30?,32+,33-;/m11./s1. The smallest absolute Gasteiger partial charge is 0.285 e. The second-order valence-electron chi connectivity index (χ2n) is 35.1. The summed E-state index contributed by atoms with van der Waals surface area (Å²) in [4.78, 5) is 137. The largest absolute Gasteiger partial charge is 0.363 e. The van der Waals surface area contributed by atoms with Gasteiger partial charge in [0.1, 0.15) is 11.6 Å². The van der Waals surface area contributed by atoms with E-state index in [2.05, 4.69) is 27.7 Å². The van der Waals surface area contributed by atoms with Crippen LogP contribution in [-0.2, 0) is 73.4 Å². The molecular formula is C76H120N4O14S2. The Balaban J connectivity index is 0.000000303. The van der Waals surface area contributed by atoms with E-state index in [4.69, 9.17) is 11.5 Å². The van der Waals surface area contributed by atoms with Gasteiger partial charge in [-0.2, -0.15) is 0 Å². The number of fused-ring (bicyclic) bond motifs is 2. The van der Waals surface area contributed by atoms with Crippen molar-refractivity contribution in [3.8, 4) is 0 Å². The van der Waals surface area contributed by atoms with Crippen LogP contribution in [0.2, 0.25) is 0 Å². The monoisotopic (exact) mass is 1380 g/mol. The summed E-state index contributed by atoms with van der Waals surface area (Å²) in [6.07, 6.45) is 11.6. The van der Waals surface area contributed by atoms with Crippen LogP contribution < -0.4 is 11.5 Å². The summed E-state index contributed by atoms with van der Waals surface area (Å²) in [6, 6.07) is 7.55. The molecule has 0 radical (unpaired) electrons. The molecule has 5 aliphatic carbocycles. The highest BCUT2D eigenvalue weighted by molar-refractivity contribution is 7.91. The summed E-state index contributed by atoms with van der Waals surface area (Å²) in [5.41, 5.74) is 9.42. The minimum atomic E-state index is -3.49. The van der Waals surface area contributed by atoms with Crippen molar-refractivity contribution >= 4 is 78.0 Å². The van der Waals surface area contributed by atoms with Gasteiger partial charge >= 0.3 is 0 Å². The zero-order valence-electron chi connectivity index (χ0n) is 60.5. The molecule has 7 aliphatic rings. The lowest BCUT2D eigenvalue weighted by Crippen LogP contribution is -2.51. The normalized spacial score (nSPS) is 25.1. The molecule has 2 aliphatic heterocycles. The second kappa shape index (κ2) is 30.9. The highest BCUT2D eigenvalue weighted by atomic mass is 32.2. The molecular weight excluding hydrogens is 1260 g/mol. The number of hydrogen-bond donors (Lipinski definition) is 2. The topological polar surface area (TPSA) is 298 Å². The number of carbonyl (C=O) groups is 10. The predicted octanol–water partition coefficient (Wildman–Crippen LogP) is 11.1. The Kier molecular flexibility index (Phi) is 25.2. The quantitative estimate of drug-likeness (QED) is 0.0607. The average molecular weight is 1380 g/mol. The number of hydrogen-bond acceptors (Lipinski definition) is 14. The first-order valence-corrected chi connectivity index (χ1v) is 39.9. The van der Waals surface area contributed by atoms with Crippen LogP contribution >= 0.6 is 0 Å². The zero-order valence-corrected chi connectivity index (χ0v) is 62.1. The molecule has 7 fully saturated rings. The number of ketones is 6. The number of benzene rings is 1. The van der Waals surface area contributed by atoms with Crippen molar-refractivity contribution in [2.24, 2.45) is 115 Å². The van der Waals surface area contributed by atoms with Crippen molar-refractivity contribution in [2.75, 3.05) is 30.3 Å². The Morgan fingerprint density at radius 1 is 0.573 bits per heavy atom. The number of nitrogens with two attached hydrogens (primary N) is 2. The van der Waals surface area contributed by atoms with Crippen molar-refractivity contribution in [2.45, 2.75) is 243 Å². The van der Waals surface area contributed by atoms with Crippen LogP contribution in [0.25, 0.3) is 0 Å². The van der Waals surface area contributed by atoms with Crippen LogP contribution in [0.5, 0.6) is 0 Å². The Hall–Kier alpha value is -4.98. The van der Waals surface area contributed by atoms with Gasteiger partial charge < -0.3 is 21.3 Å². The molecule has 96 heavy (non-hydrogen) atoms. The fourth-order valence-corrected chi connectivity index (χ4v) is 21.6. The molecule has 540 valence electrons. The molecule has 11 atom stereocenters. The SMILES string of the molecule is CC(C)CCS(=O)(=O)CC1(CC(=O)C[C@H](C(=O)N2CC3[C@@H]([C@H]2C(=O)CC(CC2CCC2)C(=O)C(N)=O)C3(C)C)C(C)(C)C)CCCCC1.CC(C)[C@H](CC(=O)C[C@H](C(=O)N1CC2[C@@H]([C@H]1C(=O)CC(CC1CCC1)C(=O)C(N)=O)C2(C)C)C(C)(C)C)CS(=O)(=O)Cc1ccccc1.[HH]. The van der Waals surface area contributed by atoms with E-state index in [1.165, 1.54) is 0 Å². The van der Waals surface area contributed by atoms with Crippen LogP contribution in [0, 0.1) is 104 Å². The number of carbonyl (C=O) groups excluding carboxylic acids is 10. The van der Waals surface area contributed by atoms with E-state index in [-0.39, 0.29) is 150 Å². The van der Waals surface area contributed by atoms with Crippen molar-refractivity contribution in [1.82, 2.24) is 9.80 Å². The van der Waals surface area contributed by atoms with E-state index in [0.29, 0.717) is 56.7 Å². The first-order chi connectivity index (χ1) is 44.4. The van der Waals surface area contributed by atoms with E-state index < -0.39 is 101 Å². The molecule has 8 rings (SSSR count). The molecule has 0 aromatic heterocycles. The molecule has 1 aromatic carbocycles. The average Bonchev–Trinajstić information content (AvgIpc) is 1.53. The highest BCUT2D eigenvalue weighted by Gasteiger charge is 2.71. The lowest BCUT2D eigenvalue weighted by Gasteiger charge is -2.39.